The molecule has 72 valence electrons. The third kappa shape index (κ3) is 4.62. The van der Waals surface area contributed by atoms with Crippen molar-refractivity contribution in [3.8, 4) is 0 Å². The SMILES string of the molecule is CCSC(=NC(C)OC)N(C)C. The lowest BCUT2D eigenvalue weighted by Crippen LogP contribution is -2.21. The van der Waals surface area contributed by atoms with Gasteiger partial charge in [-0.3, -0.25) is 0 Å². The first-order valence-electron chi connectivity index (χ1n) is 4.02. The fourth-order valence-corrected chi connectivity index (χ4v) is 1.36. The number of aliphatic imine (C=N–C) groups is 1. The van der Waals surface area contributed by atoms with Crippen LogP contribution in [0.1, 0.15) is 13.8 Å². The second-order valence-corrected chi connectivity index (χ2v) is 3.81. The predicted octanol–water partition coefficient (Wildman–Crippen LogP) is 1.65. The summed E-state index contributed by atoms with van der Waals surface area (Å²) < 4.78 is 5.05. The lowest BCUT2D eigenvalue weighted by molar-refractivity contribution is 0.125. The first-order valence-corrected chi connectivity index (χ1v) is 5.01. The molecule has 0 aromatic carbocycles. The highest BCUT2D eigenvalue weighted by Gasteiger charge is 2.03. The predicted molar refractivity (Wildman–Crippen MR) is 55.7 cm³/mol. The average molecular weight is 190 g/mol. The second kappa shape index (κ2) is 6.31. The summed E-state index contributed by atoms with van der Waals surface area (Å²) >= 11 is 1.72. The van der Waals surface area contributed by atoms with E-state index in [0.717, 1.165) is 10.9 Å². The standard InChI is InChI=1S/C8H18N2OS/c1-6-12-8(10(3)4)9-7(2)11-5/h7H,6H2,1-5H3. The van der Waals surface area contributed by atoms with Crippen LogP contribution < -0.4 is 0 Å². The first-order chi connectivity index (χ1) is 5.61. The van der Waals surface area contributed by atoms with E-state index in [9.17, 15) is 0 Å². The molecule has 0 saturated heterocycles. The zero-order valence-electron chi connectivity index (χ0n) is 8.50. The lowest BCUT2D eigenvalue weighted by atomic mass is 10.7. The average Bonchev–Trinajstić information content (AvgIpc) is 2.03. The fourth-order valence-electron chi connectivity index (χ4n) is 0.619. The summed E-state index contributed by atoms with van der Waals surface area (Å²) in [5, 5.41) is 1.02. The Hall–Kier alpha value is -0.220. The number of amidine groups is 1. The Morgan fingerprint density at radius 1 is 1.58 bits per heavy atom. The van der Waals surface area contributed by atoms with Crippen molar-refractivity contribution in [2.75, 3.05) is 27.0 Å². The van der Waals surface area contributed by atoms with Crippen molar-refractivity contribution >= 4 is 16.9 Å². The molecular weight excluding hydrogens is 172 g/mol. The van der Waals surface area contributed by atoms with Crippen LogP contribution in [0.2, 0.25) is 0 Å². The minimum atomic E-state index is -0.0542. The molecule has 0 aromatic heterocycles. The second-order valence-electron chi connectivity index (χ2n) is 2.57. The van der Waals surface area contributed by atoms with Crippen molar-refractivity contribution < 1.29 is 4.74 Å². The minimum Gasteiger partial charge on any atom is -0.360 e. The van der Waals surface area contributed by atoms with Crippen LogP contribution in [0.4, 0.5) is 0 Å². The molecule has 0 bridgehead atoms. The Kier molecular flexibility index (Phi) is 6.20. The van der Waals surface area contributed by atoms with E-state index in [1.165, 1.54) is 0 Å². The van der Waals surface area contributed by atoms with Gasteiger partial charge in [-0.05, 0) is 12.7 Å². The molecular formula is C8H18N2OS. The molecule has 12 heavy (non-hydrogen) atoms. The molecule has 0 saturated carbocycles. The topological polar surface area (TPSA) is 24.8 Å². The molecule has 0 aliphatic heterocycles. The van der Waals surface area contributed by atoms with E-state index in [1.54, 1.807) is 18.9 Å². The van der Waals surface area contributed by atoms with E-state index in [4.69, 9.17) is 4.74 Å². The molecule has 0 N–H and O–H groups in total. The van der Waals surface area contributed by atoms with Gasteiger partial charge >= 0.3 is 0 Å². The van der Waals surface area contributed by atoms with Crippen LogP contribution in [0.5, 0.6) is 0 Å². The summed E-state index contributed by atoms with van der Waals surface area (Å²) in [6.45, 7) is 4.04. The monoisotopic (exact) mass is 190 g/mol. The van der Waals surface area contributed by atoms with Gasteiger partial charge in [0.15, 0.2) is 5.17 Å². The molecule has 0 aliphatic rings. The largest absolute Gasteiger partial charge is 0.360 e. The third-order valence-electron chi connectivity index (χ3n) is 1.29. The van der Waals surface area contributed by atoms with Crippen LogP contribution in [-0.4, -0.2) is 43.3 Å². The van der Waals surface area contributed by atoms with Crippen LogP contribution in [0, 0.1) is 0 Å². The Balaban J connectivity index is 4.16. The van der Waals surface area contributed by atoms with E-state index in [-0.39, 0.29) is 6.23 Å². The molecule has 0 radical (unpaired) electrons. The zero-order chi connectivity index (χ0) is 9.56. The van der Waals surface area contributed by atoms with Gasteiger partial charge in [-0.25, -0.2) is 4.99 Å². The molecule has 0 fully saturated rings. The minimum absolute atomic E-state index is 0.0542. The van der Waals surface area contributed by atoms with Gasteiger partial charge in [0, 0.05) is 21.2 Å². The molecule has 0 rings (SSSR count). The summed E-state index contributed by atoms with van der Waals surface area (Å²) in [4.78, 5) is 6.37. The number of nitrogens with zero attached hydrogens (tertiary/aromatic N) is 2. The highest BCUT2D eigenvalue weighted by Crippen LogP contribution is 2.07. The lowest BCUT2D eigenvalue weighted by Gasteiger charge is -2.16. The number of hydrogen-bond donors (Lipinski definition) is 0. The Morgan fingerprint density at radius 3 is 2.50 bits per heavy atom. The number of methoxy groups -OCH3 is 1. The number of rotatable bonds is 3. The summed E-state index contributed by atoms with van der Waals surface area (Å²) in [7, 11) is 5.64. The van der Waals surface area contributed by atoms with Gasteiger partial charge in [0.2, 0.25) is 0 Å². The smallest absolute Gasteiger partial charge is 0.161 e. The molecule has 1 atom stereocenters. The van der Waals surface area contributed by atoms with Crippen molar-refractivity contribution in [2.45, 2.75) is 20.1 Å². The fraction of sp³-hybridized carbons (Fsp3) is 0.875. The van der Waals surface area contributed by atoms with Gasteiger partial charge < -0.3 is 9.64 Å². The van der Waals surface area contributed by atoms with Crippen LogP contribution in [0.3, 0.4) is 0 Å². The maximum Gasteiger partial charge on any atom is 0.161 e. The van der Waals surface area contributed by atoms with Gasteiger partial charge in [-0.2, -0.15) is 0 Å². The molecule has 0 aromatic rings. The quantitative estimate of drug-likeness (QED) is 0.500. The summed E-state index contributed by atoms with van der Waals surface area (Å²) in [5.74, 6) is 1.04. The maximum atomic E-state index is 5.05. The maximum absolute atomic E-state index is 5.05. The molecule has 0 amide bonds. The number of hydrogen-bond acceptors (Lipinski definition) is 3. The molecule has 1 unspecified atom stereocenters. The van der Waals surface area contributed by atoms with Crippen molar-refractivity contribution in [1.82, 2.24) is 4.90 Å². The summed E-state index contributed by atoms with van der Waals surface area (Å²) in [6, 6.07) is 0. The van der Waals surface area contributed by atoms with Crippen molar-refractivity contribution in [1.29, 1.82) is 0 Å². The Morgan fingerprint density at radius 2 is 2.17 bits per heavy atom. The normalized spacial score (nSPS) is 14.6. The van der Waals surface area contributed by atoms with Gasteiger partial charge in [-0.1, -0.05) is 18.7 Å². The Labute approximate surface area is 79.2 Å². The number of thioether (sulfide) groups is 1. The van der Waals surface area contributed by atoms with Gasteiger partial charge in [0.25, 0.3) is 0 Å². The molecule has 3 nitrogen and oxygen atoms in total. The van der Waals surface area contributed by atoms with E-state index >= 15 is 0 Å². The van der Waals surface area contributed by atoms with Gasteiger partial charge in [0.05, 0.1) is 0 Å². The van der Waals surface area contributed by atoms with Crippen LogP contribution in [-0.2, 0) is 4.74 Å². The third-order valence-corrected chi connectivity index (χ3v) is 2.31. The first kappa shape index (κ1) is 11.8. The van der Waals surface area contributed by atoms with Gasteiger partial charge in [-0.15, -0.1) is 0 Å². The van der Waals surface area contributed by atoms with Crippen LogP contribution >= 0.6 is 11.8 Å². The Bertz CT molecular complexity index is 148. The molecule has 0 heterocycles. The van der Waals surface area contributed by atoms with Gasteiger partial charge in [0.1, 0.15) is 6.23 Å². The zero-order valence-corrected chi connectivity index (χ0v) is 9.31. The van der Waals surface area contributed by atoms with Crippen molar-refractivity contribution in [2.24, 2.45) is 4.99 Å². The highest BCUT2D eigenvalue weighted by atomic mass is 32.2. The molecule has 4 heteroatoms. The van der Waals surface area contributed by atoms with E-state index in [0.29, 0.717) is 0 Å². The highest BCUT2D eigenvalue weighted by molar-refractivity contribution is 8.13. The van der Waals surface area contributed by atoms with Crippen LogP contribution in [0.15, 0.2) is 4.99 Å². The van der Waals surface area contributed by atoms with E-state index < -0.39 is 0 Å². The van der Waals surface area contributed by atoms with Crippen molar-refractivity contribution in [3.63, 3.8) is 0 Å². The number of ether oxygens (including phenoxy) is 1. The summed E-state index contributed by atoms with van der Waals surface area (Å²) in [5.41, 5.74) is 0. The van der Waals surface area contributed by atoms with E-state index in [2.05, 4.69) is 11.9 Å². The van der Waals surface area contributed by atoms with Crippen LogP contribution in [0.25, 0.3) is 0 Å². The molecule has 0 spiro atoms. The summed E-state index contributed by atoms with van der Waals surface area (Å²) in [6.07, 6.45) is -0.0542. The van der Waals surface area contributed by atoms with E-state index in [1.807, 2.05) is 25.9 Å². The molecule has 0 aliphatic carbocycles. The van der Waals surface area contributed by atoms with Crippen molar-refractivity contribution in [3.05, 3.63) is 0 Å².